The lowest BCUT2D eigenvalue weighted by Gasteiger charge is -2.25. The standard InChI is InChI=1S/C15H22N2O3/c18-12-14-3-1-13(2-4-14)5-6-16-15(19)11-17-7-9-20-10-8-17/h1-4,18H,5-12H2,(H,16,19). The maximum absolute atomic E-state index is 11.8. The average molecular weight is 278 g/mol. The second-order valence-corrected chi connectivity index (χ2v) is 4.96. The fourth-order valence-electron chi connectivity index (χ4n) is 2.18. The van der Waals surface area contributed by atoms with Gasteiger partial charge < -0.3 is 15.2 Å². The highest BCUT2D eigenvalue weighted by Gasteiger charge is 2.13. The molecule has 5 nitrogen and oxygen atoms in total. The zero-order valence-corrected chi connectivity index (χ0v) is 11.7. The number of amides is 1. The Labute approximate surface area is 119 Å². The van der Waals surface area contributed by atoms with Gasteiger partial charge in [-0.25, -0.2) is 0 Å². The van der Waals surface area contributed by atoms with Crippen LogP contribution in [0.1, 0.15) is 11.1 Å². The highest BCUT2D eigenvalue weighted by Crippen LogP contribution is 2.04. The van der Waals surface area contributed by atoms with Crippen molar-refractivity contribution in [1.29, 1.82) is 0 Å². The summed E-state index contributed by atoms with van der Waals surface area (Å²) in [6.07, 6.45) is 0.806. The molecule has 1 aromatic rings. The first-order valence-corrected chi connectivity index (χ1v) is 7.03. The normalized spacial score (nSPS) is 16.1. The van der Waals surface area contributed by atoms with Gasteiger partial charge in [0.25, 0.3) is 0 Å². The van der Waals surface area contributed by atoms with Gasteiger partial charge >= 0.3 is 0 Å². The predicted octanol–water partition coefficient (Wildman–Crippen LogP) is 0.170. The van der Waals surface area contributed by atoms with Crippen molar-refractivity contribution in [2.45, 2.75) is 13.0 Å². The zero-order valence-electron chi connectivity index (χ0n) is 11.7. The predicted molar refractivity (Wildman–Crippen MR) is 76.3 cm³/mol. The van der Waals surface area contributed by atoms with E-state index in [1.807, 2.05) is 24.3 Å². The van der Waals surface area contributed by atoms with E-state index >= 15 is 0 Å². The Morgan fingerprint density at radius 3 is 2.50 bits per heavy atom. The van der Waals surface area contributed by atoms with Crippen molar-refractivity contribution in [1.82, 2.24) is 10.2 Å². The third-order valence-corrected chi connectivity index (χ3v) is 3.41. The summed E-state index contributed by atoms with van der Waals surface area (Å²) in [4.78, 5) is 13.9. The quantitative estimate of drug-likeness (QED) is 0.779. The monoisotopic (exact) mass is 278 g/mol. The van der Waals surface area contributed by atoms with Crippen LogP contribution in [0.5, 0.6) is 0 Å². The van der Waals surface area contributed by atoms with E-state index in [1.165, 1.54) is 0 Å². The minimum Gasteiger partial charge on any atom is -0.392 e. The maximum Gasteiger partial charge on any atom is 0.234 e. The van der Waals surface area contributed by atoms with E-state index in [1.54, 1.807) is 0 Å². The molecule has 1 aromatic carbocycles. The van der Waals surface area contributed by atoms with Crippen LogP contribution in [-0.4, -0.2) is 55.3 Å². The van der Waals surface area contributed by atoms with Gasteiger partial charge in [-0.1, -0.05) is 24.3 Å². The Balaban J connectivity index is 1.65. The fourth-order valence-corrected chi connectivity index (χ4v) is 2.18. The number of aliphatic hydroxyl groups is 1. The van der Waals surface area contributed by atoms with Crippen LogP contribution in [0.4, 0.5) is 0 Å². The van der Waals surface area contributed by atoms with Crippen LogP contribution >= 0.6 is 0 Å². The first-order valence-electron chi connectivity index (χ1n) is 7.03. The van der Waals surface area contributed by atoms with Crippen LogP contribution in [-0.2, 0) is 22.6 Å². The fraction of sp³-hybridized carbons (Fsp3) is 0.533. The zero-order chi connectivity index (χ0) is 14.2. The van der Waals surface area contributed by atoms with E-state index in [4.69, 9.17) is 9.84 Å². The summed E-state index contributed by atoms with van der Waals surface area (Å²) in [5.41, 5.74) is 2.07. The van der Waals surface area contributed by atoms with Gasteiger partial charge in [-0.3, -0.25) is 9.69 Å². The number of nitrogens with one attached hydrogen (secondary N) is 1. The average Bonchev–Trinajstić information content (AvgIpc) is 2.49. The number of ether oxygens (including phenoxy) is 1. The van der Waals surface area contributed by atoms with Gasteiger partial charge in [-0.2, -0.15) is 0 Å². The highest BCUT2D eigenvalue weighted by atomic mass is 16.5. The molecule has 0 aliphatic carbocycles. The van der Waals surface area contributed by atoms with Crippen molar-refractivity contribution in [3.63, 3.8) is 0 Å². The first-order chi connectivity index (χ1) is 9.78. The smallest absolute Gasteiger partial charge is 0.234 e. The number of morpholine rings is 1. The van der Waals surface area contributed by atoms with Crippen LogP contribution in [0.15, 0.2) is 24.3 Å². The molecule has 110 valence electrons. The number of carbonyl (C=O) groups is 1. The van der Waals surface area contributed by atoms with E-state index in [0.29, 0.717) is 26.3 Å². The molecule has 1 aliphatic rings. The molecule has 0 radical (unpaired) electrons. The number of nitrogens with zero attached hydrogens (tertiary/aromatic N) is 1. The summed E-state index contributed by atoms with van der Waals surface area (Å²) in [7, 11) is 0. The van der Waals surface area contributed by atoms with Gasteiger partial charge in [-0.05, 0) is 17.5 Å². The third kappa shape index (κ3) is 4.92. The third-order valence-electron chi connectivity index (χ3n) is 3.41. The first kappa shape index (κ1) is 15.0. The maximum atomic E-state index is 11.8. The van der Waals surface area contributed by atoms with Gasteiger partial charge in [0.1, 0.15) is 0 Å². The Morgan fingerprint density at radius 1 is 1.20 bits per heavy atom. The molecule has 0 unspecified atom stereocenters. The molecule has 1 fully saturated rings. The molecule has 2 rings (SSSR count). The number of hydrogen-bond donors (Lipinski definition) is 2. The van der Waals surface area contributed by atoms with E-state index in [0.717, 1.165) is 30.6 Å². The molecular formula is C15H22N2O3. The molecule has 1 aliphatic heterocycles. The lowest BCUT2D eigenvalue weighted by molar-refractivity contribution is -0.123. The SMILES string of the molecule is O=C(CN1CCOCC1)NCCc1ccc(CO)cc1. The van der Waals surface area contributed by atoms with Crippen molar-refractivity contribution >= 4 is 5.91 Å². The van der Waals surface area contributed by atoms with Crippen molar-refractivity contribution in [2.24, 2.45) is 0 Å². The van der Waals surface area contributed by atoms with Crippen LogP contribution in [0.25, 0.3) is 0 Å². The van der Waals surface area contributed by atoms with Crippen LogP contribution in [0.2, 0.25) is 0 Å². The molecular weight excluding hydrogens is 256 g/mol. The summed E-state index contributed by atoms with van der Waals surface area (Å²) in [5.74, 6) is 0.0684. The molecule has 0 bridgehead atoms. The number of benzene rings is 1. The van der Waals surface area contributed by atoms with Crippen molar-refractivity contribution in [2.75, 3.05) is 39.4 Å². The molecule has 0 saturated carbocycles. The molecule has 2 N–H and O–H groups in total. The molecule has 1 saturated heterocycles. The van der Waals surface area contributed by atoms with E-state index in [-0.39, 0.29) is 12.5 Å². The summed E-state index contributed by atoms with van der Waals surface area (Å²) >= 11 is 0. The lowest BCUT2D eigenvalue weighted by Crippen LogP contribution is -2.43. The summed E-state index contributed by atoms with van der Waals surface area (Å²) in [6.45, 7) is 4.24. The number of carbonyl (C=O) groups excluding carboxylic acids is 1. The molecule has 0 aromatic heterocycles. The van der Waals surface area contributed by atoms with E-state index < -0.39 is 0 Å². The van der Waals surface area contributed by atoms with E-state index in [9.17, 15) is 4.79 Å². The largest absolute Gasteiger partial charge is 0.392 e. The number of aliphatic hydroxyl groups excluding tert-OH is 1. The van der Waals surface area contributed by atoms with Crippen LogP contribution < -0.4 is 5.32 Å². The Bertz CT molecular complexity index is 414. The van der Waals surface area contributed by atoms with Crippen molar-refractivity contribution < 1.29 is 14.6 Å². The minimum absolute atomic E-state index is 0.0660. The summed E-state index contributed by atoms with van der Waals surface area (Å²) < 4.78 is 5.25. The topological polar surface area (TPSA) is 61.8 Å². The molecule has 5 heteroatoms. The second-order valence-electron chi connectivity index (χ2n) is 4.96. The number of rotatable bonds is 6. The highest BCUT2D eigenvalue weighted by molar-refractivity contribution is 5.78. The molecule has 1 heterocycles. The Hall–Kier alpha value is -1.43. The Morgan fingerprint density at radius 2 is 1.85 bits per heavy atom. The van der Waals surface area contributed by atoms with E-state index in [2.05, 4.69) is 10.2 Å². The molecule has 0 atom stereocenters. The van der Waals surface area contributed by atoms with Crippen LogP contribution in [0, 0.1) is 0 Å². The van der Waals surface area contributed by atoms with Crippen molar-refractivity contribution in [3.8, 4) is 0 Å². The van der Waals surface area contributed by atoms with Gasteiger partial charge in [0.15, 0.2) is 0 Å². The second kappa shape index (κ2) is 7.99. The van der Waals surface area contributed by atoms with Gasteiger partial charge in [0.2, 0.25) is 5.91 Å². The molecule has 20 heavy (non-hydrogen) atoms. The van der Waals surface area contributed by atoms with Crippen LogP contribution in [0.3, 0.4) is 0 Å². The minimum atomic E-state index is 0.0660. The van der Waals surface area contributed by atoms with Gasteiger partial charge in [0, 0.05) is 19.6 Å². The van der Waals surface area contributed by atoms with Crippen molar-refractivity contribution in [3.05, 3.63) is 35.4 Å². The molecule has 1 amide bonds. The number of hydrogen-bond acceptors (Lipinski definition) is 4. The summed E-state index contributed by atoms with van der Waals surface area (Å²) in [6, 6.07) is 7.79. The molecule has 0 spiro atoms. The Kier molecular flexibility index (Phi) is 5.98. The van der Waals surface area contributed by atoms with Gasteiger partial charge in [0.05, 0.1) is 26.4 Å². The lowest BCUT2D eigenvalue weighted by atomic mass is 10.1. The van der Waals surface area contributed by atoms with Gasteiger partial charge in [-0.15, -0.1) is 0 Å². The summed E-state index contributed by atoms with van der Waals surface area (Å²) in [5, 5.41) is 11.9.